The summed E-state index contributed by atoms with van der Waals surface area (Å²) >= 11 is 6.07. The number of ether oxygens (including phenoxy) is 5. The Morgan fingerprint density at radius 3 is 2.51 bits per heavy atom. The van der Waals surface area contributed by atoms with Gasteiger partial charge in [0.1, 0.15) is 36.0 Å². The van der Waals surface area contributed by atoms with Crippen LogP contribution in [0.3, 0.4) is 0 Å². The van der Waals surface area contributed by atoms with E-state index in [0.29, 0.717) is 29.7 Å². The van der Waals surface area contributed by atoms with Gasteiger partial charge >= 0.3 is 12.3 Å². The van der Waals surface area contributed by atoms with Crippen molar-refractivity contribution in [3.63, 3.8) is 0 Å². The van der Waals surface area contributed by atoms with E-state index in [9.17, 15) is 9.59 Å². The van der Waals surface area contributed by atoms with Crippen molar-refractivity contribution in [3.8, 4) is 0 Å². The van der Waals surface area contributed by atoms with Gasteiger partial charge in [-0.15, -0.1) is 0 Å². The number of aromatic nitrogens is 3. The van der Waals surface area contributed by atoms with Gasteiger partial charge < -0.3 is 34.0 Å². The fraction of sp³-hybridized carbons (Fsp3) is 0.724. The summed E-state index contributed by atoms with van der Waals surface area (Å²) in [4.78, 5) is 33.6. The highest BCUT2D eigenvalue weighted by Crippen LogP contribution is 2.66. The number of halogens is 1. The molecule has 5 fully saturated rings. The van der Waals surface area contributed by atoms with Crippen molar-refractivity contribution in [1.29, 1.82) is 0 Å². The Morgan fingerprint density at radius 2 is 1.85 bits per heavy atom. The van der Waals surface area contributed by atoms with Gasteiger partial charge in [-0.05, 0) is 86.3 Å². The molecule has 12 heteroatoms. The SMILES string of the molecule is CCC1(CCOC(=O)OC[C@@]2(C)O[C@@H](n3ccc4c(N)nc(Cl)nc43)C[C@@H]2OC(=O)OCCC23CC(C2)C3)CCC1. The van der Waals surface area contributed by atoms with Crippen molar-refractivity contribution in [2.24, 2.45) is 16.7 Å². The Hall–Kier alpha value is -2.79. The molecule has 2 aromatic rings. The van der Waals surface area contributed by atoms with E-state index in [0.717, 1.165) is 25.2 Å². The fourth-order valence-electron chi connectivity index (χ4n) is 7.12. The largest absolute Gasteiger partial charge is 0.508 e. The summed E-state index contributed by atoms with van der Waals surface area (Å²) in [5, 5.41) is 0.627. The second-order valence-electron chi connectivity index (χ2n) is 12.7. The van der Waals surface area contributed by atoms with Gasteiger partial charge in [0.2, 0.25) is 5.28 Å². The number of carbonyl (C=O) groups is 2. The van der Waals surface area contributed by atoms with Crippen LogP contribution >= 0.6 is 11.6 Å². The molecule has 3 atom stereocenters. The normalized spacial score (nSPS) is 31.0. The van der Waals surface area contributed by atoms with Gasteiger partial charge in [-0.25, -0.2) is 14.6 Å². The summed E-state index contributed by atoms with van der Waals surface area (Å²) in [7, 11) is 0. The second kappa shape index (κ2) is 10.8. The Bertz CT molecular complexity index is 1290. The molecular weight excluding hydrogens is 552 g/mol. The molecule has 0 amide bonds. The number of nitrogens with zero attached hydrogens (tertiary/aromatic N) is 3. The molecule has 0 radical (unpaired) electrons. The molecule has 4 aliphatic carbocycles. The maximum Gasteiger partial charge on any atom is 0.508 e. The maximum absolute atomic E-state index is 12.7. The molecule has 224 valence electrons. The Kier molecular flexibility index (Phi) is 7.46. The zero-order chi connectivity index (χ0) is 28.8. The smallest absolute Gasteiger partial charge is 0.434 e. The van der Waals surface area contributed by atoms with Crippen LogP contribution in [0, 0.1) is 16.7 Å². The van der Waals surface area contributed by atoms with Gasteiger partial charge in [-0.1, -0.05) is 19.8 Å². The molecule has 2 aromatic heterocycles. The van der Waals surface area contributed by atoms with Crippen LogP contribution in [0.15, 0.2) is 12.3 Å². The maximum atomic E-state index is 12.7. The first kappa shape index (κ1) is 28.3. The zero-order valence-electron chi connectivity index (χ0n) is 23.7. The van der Waals surface area contributed by atoms with Crippen LogP contribution in [0.2, 0.25) is 5.28 Å². The molecule has 7 rings (SSSR count). The first-order valence-electron chi connectivity index (χ1n) is 14.7. The van der Waals surface area contributed by atoms with Gasteiger partial charge in [-0.3, -0.25) is 0 Å². The van der Waals surface area contributed by atoms with Crippen molar-refractivity contribution >= 4 is 40.8 Å². The van der Waals surface area contributed by atoms with Gasteiger partial charge in [0.05, 0.1) is 18.6 Å². The van der Waals surface area contributed by atoms with Crippen molar-refractivity contribution < 1.29 is 33.3 Å². The molecule has 41 heavy (non-hydrogen) atoms. The number of nitrogen functional groups attached to an aromatic ring is 1. The van der Waals surface area contributed by atoms with E-state index in [2.05, 4.69) is 16.9 Å². The third kappa shape index (κ3) is 5.55. The molecule has 3 heterocycles. The van der Waals surface area contributed by atoms with E-state index >= 15 is 0 Å². The van der Waals surface area contributed by atoms with Gasteiger partial charge in [0.25, 0.3) is 0 Å². The van der Waals surface area contributed by atoms with Gasteiger partial charge in [-0.2, -0.15) is 4.98 Å². The predicted octanol–water partition coefficient (Wildman–Crippen LogP) is 6.18. The summed E-state index contributed by atoms with van der Waals surface area (Å²) in [6.45, 7) is 4.36. The molecule has 0 aromatic carbocycles. The number of carbonyl (C=O) groups excluding carboxylic acids is 2. The summed E-state index contributed by atoms with van der Waals surface area (Å²) in [5.41, 5.74) is 5.99. The van der Waals surface area contributed by atoms with Gasteiger partial charge in [0, 0.05) is 12.6 Å². The summed E-state index contributed by atoms with van der Waals surface area (Å²) in [5.74, 6) is 1.12. The van der Waals surface area contributed by atoms with Crippen molar-refractivity contribution in [3.05, 3.63) is 17.5 Å². The van der Waals surface area contributed by atoms with E-state index in [1.54, 1.807) is 23.8 Å². The van der Waals surface area contributed by atoms with Crippen molar-refractivity contribution in [2.45, 2.75) is 96.0 Å². The summed E-state index contributed by atoms with van der Waals surface area (Å²) in [6, 6.07) is 1.77. The topological polar surface area (TPSA) is 137 Å². The lowest BCUT2D eigenvalue weighted by atomic mass is 9.43. The average molecular weight is 591 g/mol. The standard InChI is InChI=1S/C29H39ClN4O7/c1-3-28(6-4-7-28)8-11-37-25(35)39-17-27(2)20(40-26(36)38-12-9-29-14-18(15-29)16-29)13-21(41-27)34-10-5-19-22(31)32-24(30)33-23(19)34/h5,10,18,20-21H,3-4,6-9,11-17H2,1-2H3,(H2,31,32,33)/t18?,20-,21+,27+,29?/m0/s1. The Balaban J connectivity index is 1.10. The third-order valence-corrected chi connectivity index (χ3v) is 10.3. The molecular formula is C29H39ClN4O7. The number of anilines is 1. The highest BCUT2D eigenvalue weighted by molar-refractivity contribution is 6.28. The molecule has 5 aliphatic rings. The van der Waals surface area contributed by atoms with Crippen molar-refractivity contribution in [2.75, 3.05) is 25.6 Å². The average Bonchev–Trinajstić information content (AvgIpc) is 3.42. The van der Waals surface area contributed by atoms with Crippen LogP contribution in [0.25, 0.3) is 11.0 Å². The van der Waals surface area contributed by atoms with Crippen LogP contribution in [0.1, 0.15) is 84.3 Å². The first-order chi connectivity index (χ1) is 19.6. The summed E-state index contributed by atoms with van der Waals surface area (Å²) in [6.07, 6.45) is 9.12. The third-order valence-electron chi connectivity index (χ3n) is 10.1. The van der Waals surface area contributed by atoms with E-state index in [4.69, 9.17) is 41.0 Å². The Morgan fingerprint density at radius 1 is 1.12 bits per heavy atom. The van der Waals surface area contributed by atoms with Crippen LogP contribution in [-0.4, -0.2) is 58.4 Å². The molecule has 4 saturated carbocycles. The fourth-order valence-corrected chi connectivity index (χ4v) is 7.29. The molecule has 2 N–H and O–H groups in total. The van der Waals surface area contributed by atoms with Crippen LogP contribution in [0.5, 0.6) is 0 Å². The van der Waals surface area contributed by atoms with Crippen LogP contribution < -0.4 is 5.73 Å². The number of rotatable bonds is 11. The van der Waals surface area contributed by atoms with E-state index in [1.165, 1.54) is 38.5 Å². The number of hydrogen-bond donors (Lipinski definition) is 1. The van der Waals surface area contributed by atoms with E-state index in [-0.39, 0.29) is 29.5 Å². The second-order valence-corrected chi connectivity index (χ2v) is 13.1. The molecule has 0 spiro atoms. The number of hydrogen-bond acceptors (Lipinski definition) is 10. The predicted molar refractivity (Wildman–Crippen MR) is 149 cm³/mol. The van der Waals surface area contributed by atoms with E-state index in [1.807, 2.05) is 0 Å². The van der Waals surface area contributed by atoms with E-state index < -0.39 is 30.2 Å². The molecule has 0 unspecified atom stereocenters. The number of nitrogens with two attached hydrogens (primary N) is 1. The molecule has 1 aliphatic heterocycles. The lowest BCUT2D eigenvalue weighted by Gasteiger charge is -2.62. The van der Waals surface area contributed by atoms with Crippen LogP contribution in [-0.2, 0) is 23.7 Å². The molecule has 11 nitrogen and oxygen atoms in total. The molecule has 1 saturated heterocycles. The monoisotopic (exact) mass is 590 g/mol. The highest BCUT2D eigenvalue weighted by Gasteiger charge is 2.56. The lowest BCUT2D eigenvalue weighted by molar-refractivity contribution is -0.134. The zero-order valence-corrected chi connectivity index (χ0v) is 24.5. The minimum atomic E-state index is -1.17. The van der Waals surface area contributed by atoms with Gasteiger partial charge in [0.15, 0.2) is 0 Å². The van der Waals surface area contributed by atoms with Crippen LogP contribution in [0.4, 0.5) is 15.4 Å². The molecule has 2 bridgehead atoms. The minimum Gasteiger partial charge on any atom is -0.434 e. The highest BCUT2D eigenvalue weighted by atomic mass is 35.5. The first-order valence-corrected chi connectivity index (χ1v) is 15.1. The quantitative estimate of drug-likeness (QED) is 0.238. The minimum absolute atomic E-state index is 0.00799. The summed E-state index contributed by atoms with van der Waals surface area (Å²) < 4.78 is 30.2. The lowest BCUT2D eigenvalue weighted by Crippen LogP contribution is -2.52. The van der Waals surface area contributed by atoms with Crippen molar-refractivity contribution in [1.82, 2.24) is 14.5 Å². The Labute approximate surface area is 244 Å². The number of fused-ring (bicyclic) bond motifs is 1.